The molecule has 0 fully saturated rings. The smallest absolute Gasteiger partial charge is 0.326 e. The van der Waals surface area contributed by atoms with Crippen LogP contribution >= 0.6 is 0 Å². The Hall–Kier alpha value is -1.43. The van der Waals surface area contributed by atoms with E-state index in [9.17, 15) is 19.5 Å². The van der Waals surface area contributed by atoms with Crippen molar-refractivity contribution in [2.45, 2.75) is 148 Å². The van der Waals surface area contributed by atoms with E-state index >= 15 is 0 Å². The van der Waals surface area contributed by atoms with Crippen molar-refractivity contribution in [1.29, 1.82) is 0 Å². The first-order valence-corrected chi connectivity index (χ1v) is 14.2. The molecule has 0 aliphatic rings. The lowest BCUT2D eigenvalue weighted by atomic mass is 9.91. The molecule has 0 spiro atoms. The molecule has 0 aliphatic heterocycles. The van der Waals surface area contributed by atoms with E-state index in [0.29, 0.717) is 32.2 Å². The molecule has 0 heterocycles. The maximum Gasteiger partial charge on any atom is 0.326 e. The summed E-state index contributed by atoms with van der Waals surface area (Å²) < 4.78 is 0. The first kappa shape index (κ1) is 32.6. The Morgan fingerprint density at radius 1 is 0.676 bits per heavy atom. The molecule has 0 aromatic carbocycles. The van der Waals surface area contributed by atoms with Crippen molar-refractivity contribution in [3.63, 3.8) is 0 Å². The average Bonchev–Trinajstić information content (AvgIpc) is 2.81. The number of ketones is 1. The van der Waals surface area contributed by atoms with Gasteiger partial charge in [0.25, 0.3) is 0 Å². The van der Waals surface area contributed by atoms with Crippen molar-refractivity contribution in [3.05, 3.63) is 0 Å². The van der Waals surface area contributed by atoms with E-state index in [2.05, 4.69) is 19.2 Å². The predicted molar refractivity (Wildman–Crippen MR) is 141 cm³/mol. The van der Waals surface area contributed by atoms with Gasteiger partial charge in [-0.3, -0.25) is 9.59 Å². The van der Waals surface area contributed by atoms with Crippen LogP contribution in [0.4, 0.5) is 0 Å². The number of carboxylic acids is 1. The lowest BCUT2D eigenvalue weighted by Gasteiger charge is -2.20. The van der Waals surface area contributed by atoms with Crippen molar-refractivity contribution < 1.29 is 19.5 Å². The van der Waals surface area contributed by atoms with Gasteiger partial charge in [0, 0.05) is 6.42 Å². The Bertz CT molecular complexity index is 525. The van der Waals surface area contributed by atoms with Crippen LogP contribution in [0.15, 0.2) is 0 Å². The van der Waals surface area contributed by atoms with Crippen molar-refractivity contribution in [2.75, 3.05) is 6.54 Å². The van der Waals surface area contributed by atoms with Crippen LogP contribution in [0.2, 0.25) is 0 Å². The van der Waals surface area contributed by atoms with Crippen LogP contribution < -0.4 is 11.1 Å². The number of hydrogen-bond acceptors (Lipinski definition) is 4. The molecular formula is C28H54N2O4. The lowest BCUT2D eigenvalue weighted by molar-refractivity contribution is -0.144. The first-order valence-electron chi connectivity index (χ1n) is 14.2. The second kappa shape index (κ2) is 23.3. The third kappa shape index (κ3) is 18.0. The second-order valence-corrected chi connectivity index (χ2v) is 9.84. The maximum absolute atomic E-state index is 12.9. The van der Waals surface area contributed by atoms with Gasteiger partial charge in [-0.1, -0.05) is 104 Å². The van der Waals surface area contributed by atoms with Crippen LogP contribution in [-0.2, 0) is 14.4 Å². The number of unbranched alkanes of at least 4 members (excludes halogenated alkanes) is 14. The van der Waals surface area contributed by atoms with Gasteiger partial charge in [-0.2, -0.15) is 0 Å². The van der Waals surface area contributed by atoms with Crippen molar-refractivity contribution in [2.24, 2.45) is 11.7 Å². The molecular weight excluding hydrogens is 428 g/mol. The van der Waals surface area contributed by atoms with Gasteiger partial charge in [0.1, 0.15) is 11.8 Å². The molecule has 1 amide bonds. The summed E-state index contributed by atoms with van der Waals surface area (Å²) >= 11 is 0. The summed E-state index contributed by atoms with van der Waals surface area (Å²) in [4.78, 5) is 37.2. The first-order chi connectivity index (χ1) is 16.5. The Morgan fingerprint density at radius 2 is 1.15 bits per heavy atom. The van der Waals surface area contributed by atoms with E-state index in [1.165, 1.54) is 57.8 Å². The number of nitrogens with one attached hydrogen (secondary N) is 1. The number of aliphatic carboxylic acids is 1. The number of Topliss-reactive ketones (excluding diaryl/α,β-unsaturated/α-hetero) is 1. The summed E-state index contributed by atoms with van der Waals surface area (Å²) in [5.74, 6) is -2.23. The number of rotatable bonds is 25. The minimum absolute atomic E-state index is 0.0416. The molecule has 4 N–H and O–H groups in total. The van der Waals surface area contributed by atoms with Gasteiger partial charge in [0.05, 0.1) is 5.92 Å². The van der Waals surface area contributed by atoms with Gasteiger partial charge >= 0.3 is 5.97 Å². The average molecular weight is 483 g/mol. The third-order valence-electron chi connectivity index (χ3n) is 6.64. The lowest BCUT2D eigenvalue weighted by Crippen LogP contribution is -2.45. The van der Waals surface area contributed by atoms with E-state index in [1.807, 2.05) is 0 Å². The molecule has 6 nitrogen and oxygen atoms in total. The summed E-state index contributed by atoms with van der Waals surface area (Å²) in [6.45, 7) is 4.83. The fraction of sp³-hybridized carbons (Fsp3) is 0.893. The molecule has 0 saturated carbocycles. The molecule has 0 aromatic rings. The quantitative estimate of drug-likeness (QED) is 0.101. The highest BCUT2D eigenvalue weighted by Gasteiger charge is 2.29. The number of amides is 1. The van der Waals surface area contributed by atoms with Crippen LogP contribution in [0.1, 0.15) is 142 Å². The number of carbonyl (C=O) groups excluding carboxylic acids is 2. The van der Waals surface area contributed by atoms with Gasteiger partial charge in [-0.15, -0.1) is 0 Å². The number of carboxylic acid groups (broad SMARTS) is 1. The predicted octanol–water partition coefficient (Wildman–Crippen LogP) is 6.54. The standard InChI is InChI=1S/C28H54N2O4/c1-3-5-7-8-9-10-11-12-13-14-15-17-20-24(26(31)22-16-6-4-2)27(32)30-25(28(33)34)21-18-19-23-29/h24-25H,3-23,29H2,1-2H3,(H,30,32)(H,33,34)/t24?,25-/m0/s1. The van der Waals surface area contributed by atoms with Crippen LogP contribution in [0, 0.1) is 5.92 Å². The topological polar surface area (TPSA) is 109 Å². The number of hydrogen-bond donors (Lipinski definition) is 3. The third-order valence-corrected chi connectivity index (χ3v) is 6.64. The molecule has 0 saturated heterocycles. The highest BCUT2D eigenvalue weighted by molar-refractivity contribution is 6.02. The molecule has 0 aliphatic carbocycles. The van der Waals surface area contributed by atoms with Gasteiger partial charge in [-0.25, -0.2) is 4.79 Å². The van der Waals surface area contributed by atoms with Gasteiger partial charge in [0.2, 0.25) is 5.91 Å². The zero-order valence-corrected chi connectivity index (χ0v) is 22.3. The minimum atomic E-state index is -1.05. The van der Waals surface area contributed by atoms with Crippen molar-refractivity contribution in [3.8, 4) is 0 Å². The van der Waals surface area contributed by atoms with E-state index in [1.54, 1.807) is 0 Å². The molecule has 0 rings (SSSR count). The monoisotopic (exact) mass is 482 g/mol. The Balaban J connectivity index is 4.42. The largest absolute Gasteiger partial charge is 0.480 e. The Morgan fingerprint density at radius 3 is 1.65 bits per heavy atom. The van der Waals surface area contributed by atoms with Gasteiger partial charge < -0.3 is 16.2 Å². The fourth-order valence-electron chi connectivity index (χ4n) is 4.37. The van der Waals surface area contributed by atoms with Gasteiger partial charge in [-0.05, 0) is 38.6 Å². The minimum Gasteiger partial charge on any atom is -0.480 e. The van der Waals surface area contributed by atoms with Crippen LogP contribution in [-0.4, -0.2) is 35.4 Å². The fourth-order valence-corrected chi connectivity index (χ4v) is 4.37. The Kier molecular flexibility index (Phi) is 22.3. The van der Waals surface area contributed by atoms with E-state index in [4.69, 9.17) is 5.73 Å². The molecule has 0 radical (unpaired) electrons. The Labute approximate surface area is 209 Å². The summed E-state index contributed by atoms with van der Waals surface area (Å²) in [7, 11) is 0. The van der Waals surface area contributed by atoms with Crippen LogP contribution in [0.25, 0.3) is 0 Å². The summed E-state index contributed by atoms with van der Waals surface area (Å²) in [6, 6.07) is -0.952. The van der Waals surface area contributed by atoms with Crippen LogP contribution in [0.3, 0.4) is 0 Å². The van der Waals surface area contributed by atoms with Gasteiger partial charge in [0.15, 0.2) is 0 Å². The van der Waals surface area contributed by atoms with Crippen LogP contribution in [0.5, 0.6) is 0 Å². The number of nitrogens with two attached hydrogens (primary N) is 1. The molecule has 0 bridgehead atoms. The molecule has 1 unspecified atom stereocenters. The maximum atomic E-state index is 12.9. The van der Waals surface area contributed by atoms with Crippen molar-refractivity contribution in [1.82, 2.24) is 5.32 Å². The summed E-state index contributed by atoms with van der Waals surface area (Å²) in [6.07, 6.45) is 20.2. The molecule has 6 heteroatoms. The van der Waals surface area contributed by atoms with E-state index < -0.39 is 23.8 Å². The normalized spacial score (nSPS) is 12.9. The van der Waals surface area contributed by atoms with Crippen molar-refractivity contribution >= 4 is 17.7 Å². The van der Waals surface area contributed by atoms with E-state index in [-0.39, 0.29) is 5.78 Å². The molecule has 0 aromatic heterocycles. The SMILES string of the molecule is CCCCCCCCCCCCCCC(C(=O)CCCCC)C(=O)N[C@@H](CCCCN)C(=O)O. The molecule has 200 valence electrons. The summed E-state index contributed by atoms with van der Waals surface area (Å²) in [5.41, 5.74) is 5.49. The zero-order chi connectivity index (χ0) is 25.4. The molecule has 2 atom stereocenters. The molecule has 34 heavy (non-hydrogen) atoms. The zero-order valence-electron chi connectivity index (χ0n) is 22.3. The summed E-state index contributed by atoms with van der Waals surface area (Å²) in [5, 5.41) is 12.1. The van der Waals surface area contributed by atoms with E-state index in [0.717, 1.165) is 44.9 Å². The highest BCUT2D eigenvalue weighted by Crippen LogP contribution is 2.18. The second-order valence-electron chi connectivity index (χ2n) is 9.84. The number of carbonyl (C=O) groups is 3. The highest BCUT2D eigenvalue weighted by atomic mass is 16.4.